The highest BCUT2D eigenvalue weighted by atomic mass is 16.2. The van der Waals surface area contributed by atoms with Crippen LogP contribution in [-0.2, 0) is 4.79 Å². The maximum absolute atomic E-state index is 12.6. The molecular weight excluding hydrogens is 276 g/mol. The summed E-state index contributed by atoms with van der Waals surface area (Å²) in [6.07, 6.45) is 12.4. The van der Waals surface area contributed by atoms with Gasteiger partial charge in [0.25, 0.3) is 0 Å². The predicted molar refractivity (Wildman–Crippen MR) is 84.3 cm³/mol. The first-order valence-electron chi connectivity index (χ1n) is 8.30. The summed E-state index contributed by atoms with van der Waals surface area (Å²) in [5.41, 5.74) is 0. The van der Waals surface area contributed by atoms with Crippen molar-refractivity contribution < 1.29 is 4.79 Å². The van der Waals surface area contributed by atoms with Gasteiger partial charge in [0, 0.05) is 37.4 Å². The second-order valence-electron chi connectivity index (χ2n) is 6.73. The molecule has 1 aliphatic heterocycles. The molecule has 1 saturated carbocycles. The van der Waals surface area contributed by atoms with Gasteiger partial charge in [0.05, 0.1) is 0 Å². The van der Waals surface area contributed by atoms with E-state index >= 15 is 0 Å². The van der Waals surface area contributed by atoms with Crippen molar-refractivity contribution in [3.8, 4) is 0 Å². The number of fused-ring (bicyclic) bond motifs is 2. The Labute approximate surface area is 130 Å². The van der Waals surface area contributed by atoms with Gasteiger partial charge >= 0.3 is 0 Å². The third kappa shape index (κ3) is 2.60. The quantitative estimate of drug-likeness (QED) is 0.864. The van der Waals surface area contributed by atoms with E-state index < -0.39 is 0 Å². The molecule has 0 radical (unpaired) electrons. The first-order valence-corrected chi connectivity index (χ1v) is 8.30. The summed E-state index contributed by atoms with van der Waals surface area (Å²) in [6.45, 7) is 1.78. The smallest absolute Gasteiger partial charge is 0.225 e. The van der Waals surface area contributed by atoms with Crippen molar-refractivity contribution >= 4 is 11.9 Å². The van der Waals surface area contributed by atoms with Gasteiger partial charge in [0.1, 0.15) is 0 Å². The zero-order valence-electron chi connectivity index (χ0n) is 12.7. The molecule has 1 aromatic heterocycles. The molecule has 0 spiro atoms. The number of hydrogen-bond acceptors (Lipinski definition) is 4. The maximum Gasteiger partial charge on any atom is 0.225 e. The van der Waals surface area contributed by atoms with Crippen LogP contribution >= 0.6 is 0 Å². The van der Waals surface area contributed by atoms with Crippen molar-refractivity contribution in [2.75, 3.05) is 18.0 Å². The third-order valence-electron chi connectivity index (χ3n) is 5.22. The predicted octanol–water partition coefficient (Wildman–Crippen LogP) is 1.77. The molecule has 5 heteroatoms. The molecule has 1 amide bonds. The van der Waals surface area contributed by atoms with Gasteiger partial charge in [-0.25, -0.2) is 9.97 Å². The molecule has 2 aliphatic carbocycles. The van der Waals surface area contributed by atoms with Gasteiger partial charge in [-0.3, -0.25) is 4.79 Å². The van der Waals surface area contributed by atoms with Gasteiger partial charge in [-0.15, -0.1) is 0 Å². The van der Waals surface area contributed by atoms with Crippen LogP contribution in [-0.4, -0.2) is 35.0 Å². The Morgan fingerprint density at radius 1 is 1.23 bits per heavy atom. The molecule has 2 heterocycles. The molecule has 4 rings (SSSR count). The zero-order chi connectivity index (χ0) is 14.9. The summed E-state index contributed by atoms with van der Waals surface area (Å²) in [6, 6.07) is 2.04. The van der Waals surface area contributed by atoms with E-state index in [9.17, 15) is 4.79 Å². The summed E-state index contributed by atoms with van der Waals surface area (Å²) in [7, 11) is 0. The Morgan fingerprint density at radius 3 is 2.82 bits per heavy atom. The van der Waals surface area contributed by atoms with Crippen LogP contribution in [0.5, 0.6) is 0 Å². The summed E-state index contributed by atoms with van der Waals surface area (Å²) >= 11 is 0. The average Bonchev–Trinajstić information content (AvgIpc) is 3.19. The zero-order valence-corrected chi connectivity index (χ0v) is 12.7. The summed E-state index contributed by atoms with van der Waals surface area (Å²) in [5, 5.41) is 3.28. The molecule has 2 fully saturated rings. The van der Waals surface area contributed by atoms with Crippen LogP contribution in [0.2, 0.25) is 0 Å². The van der Waals surface area contributed by atoms with Crippen molar-refractivity contribution in [1.29, 1.82) is 0 Å². The maximum atomic E-state index is 12.6. The van der Waals surface area contributed by atoms with Crippen LogP contribution in [0.4, 0.5) is 5.95 Å². The lowest BCUT2D eigenvalue weighted by Crippen LogP contribution is -2.50. The summed E-state index contributed by atoms with van der Waals surface area (Å²) in [5.74, 6) is 2.32. The minimum absolute atomic E-state index is 0.193. The van der Waals surface area contributed by atoms with E-state index in [-0.39, 0.29) is 17.9 Å². The van der Waals surface area contributed by atoms with Gasteiger partial charge in [0.15, 0.2) is 0 Å². The topological polar surface area (TPSA) is 58.1 Å². The Kier molecular flexibility index (Phi) is 3.56. The van der Waals surface area contributed by atoms with E-state index in [1.54, 1.807) is 12.4 Å². The number of piperidine rings is 1. The second-order valence-corrected chi connectivity index (χ2v) is 6.73. The molecule has 22 heavy (non-hydrogen) atoms. The summed E-state index contributed by atoms with van der Waals surface area (Å²) < 4.78 is 0. The number of amides is 1. The Bertz CT molecular complexity index is 573. The van der Waals surface area contributed by atoms with Gasteiger partial charge in [-0.05, 0) is 43.6 Å². The van der Waals surface area contributed by atoms with E-state index in [0.717, 1.165) is 38.3 Å². The molecule has 1 aromatic rings. The number of allylic oxidation sites excluding steroid dienone is 2. The lowest BCUT2D eigenvalue weighted by Gasteiger charge is -2.34. The lowest BCUT2D eigenvalue weighted by molar-refractivity contribution is -0.126. The fourth-order valence-electron chi connectivity index (χ4n) is 4.12. The summed E-state index contributed by atoms with van der Waals surface area (Å²) in [4.78, 5) is 23.4. The molecule has 4 atom stereocenters. The van der Waals surface area contributed by atoms with Crippen LogP contribution < -0.4 is 10.2 Å². The van der Waals surface area contributed by atoms with Crippen LogP contribution in [0.3, 0.4) is 0 Å². The van der Waals surface area contributed by atoms with E-state index in [0.29, 0.717) is 11.8 Å². The van der Waals surface area contributed by atoms with E-state index in [4.69, 9.17) is 0 Å². The SMILES string of the molecule is O=C(N[C@@H]1CCCN(c2ncccn2)C1)[C@@H]1C[C@H]2C=C[C@H]1C2. The normalized spacial score (nSPS) is 33.2. The van der Waals surface area contributed by atoms with Gasteiger partial charge in [-0.2, -0.15) is 0 Å². The van der Waals surface area contributed by atoms with Crippen molar-refractivity contribution in [2.45, 2.75) is 31.7 Å². The van der Waals surface area contributed by atoms with E-state index in [1.807, 2.05) is 6.07 Å². The molecule has 1 N–H and O–H groups in total. The van der Waals surface area contributed by atoms with E-state index in [1.165, 1.54) is 6.42 Å². The highest BCUT2D eigenvalue weighted by molar-refractivity contribution is 5.80. The molecule has 0 unspecified atom stereocenters. The number of rotatable bonds is 3. The van der Waals surface area contributed by atoms with Gasteiger partial charge < -0.3 is 10.2 Å². The van der Waals surface area contributed by atoms with Gasteiger partial charge in [-0.1, -0.05) is 12.2 Å². The average molecular weight is 298 g/mol. The first kappa shape index (κ1) is 13.7. The lowest BCUT2D eigenvalue weighted by atomic mass is 9.92. The van der Waals surface area contributed by atoms with Crippen LogP contribution in [0.1, 0.15) is 25.7 Å². The van der Waals surface area contributed by atoms with Crippen LogP contribution in [0.25, 0.3) is 0 Å². The van der Waals surface area contributed by atoms with E-state index in [2.05, 4.69) is 32.3 Å². The number of carbonyl (C=O) groups is 1. The largest absolute Gasteiger partial charge is 0.351 e. The Hall–Kier alpha value is -1.91. The standard InChI is InChI=1S/C17H22N4O/c22-16(15-10-12-4-5-13(15)9-12)20-14-3-1-8-21(11-14)17-18-6-2-7-19-17/h2,4-7,12-15H,1,3,8-11H2,(H,20,22)/t12-,13-,14+,15+/m0/s1. The molecule has 2 bridgehead atoms. The molecule has 116 valence electrons. The van der Waals surface area contributed by atoms with Crippen molar-refractivity contribution in [3.05, 3.63) is 30.6 Å². The van der Waals surface area contributed by atoms with Crippen molar-refractivity contribution in [1.82, 2.24) is 15.3 Å². The highest BCUT2D eigenvalue weighted by Crippen LogP contribution is 2.43. The molecule has 1 saturated heterocycles. The number of carbonyl (C=O) groups excluding carboxylic acids is 1. The number of anilines is 1. The first-order chi connectivity index (χ1) is 10.8. The number of nitrogens with one attached hydrogen (secondary N) is 1. The van der Waals surface area contributed by atoms with Crippen molar-refractivity contribution in [3.63, 3.8) is 0 Å². The Morgan fingerprint density at radius 2 is 2.09 bits per heavy atom. The third-order valence-corrected chi connectivity index (χ3v) is 5.22. The number of hydrogen-bond donors (Lipinski definition) is 1. The molecule has 0 aromatic carbocycles. The number of nitrogens with zero attached hydrogens (tertiary/aromatic N) is 3. The fourth-order valence-corrected chi connectivity index (χ4v) is 4.12. The number of aromatic nitrogens is 2. The molecule has 5 nitrogen and oxygen atoms in total. The second kappa shape index (κ2) is 5.71. The van der Waals surface area contributed by atoms with Crippen LogP contribution in [0.15, 0.2) is 30.6 Å². The molecule has 3 aliphatic rings. The highest BCUT2D eigenvalue weighted by Gasteiger charge is 2.40. The van der Waals surface area contributed by atoms with Crippen molar-refractivity contribution in [2.24, 2.45) is 17.8 Å². The monoisotopic (exact) mass is 298 g/mol. The van der Waals surface area contributed by atoms with Crippen LogP contribution in [0, 0.1) is 17.8 Å². The minimum Gasteiger partial charge on any atom is -0.351 e. The van der Waals surface area contributed by atoms with Gasteiger partial charge in [0.2, 0.25) is 11.9 Å². The molecular formula is C17H22N4O. The Balaban J connectivity index is 1.37. The fraction of sp³-hybridized carbons (Fsp3) is 0.588. The minimum atomic E-state index is 0.193.